The number of amides is 1. The molecule has 2 aliphatic rings. The molecule has 0 spiro atoms. The summed E-state index contributed by atoms with van der Waals surface area (Å²) >= 11 is 0. The molecule has 0 radical (unpaired) electrons. The molecule has 2 atom stereocenters. The van der Waals surface area contributed by atoms with Gasteiger partial charge in [0.05, 0.1) is 12.1 Å². The zero-order chi connectivity index (χ0) is 13.2. The molecular weight excluding hydrogens is 228 g/mol. The van der Waals surface area contributed by atoms with Crippen LogP contribution in [0.4, 0.5) is 0 Å². The Bertz CT molecular complexity index is 303. The maximum atomic E-state index is 12.5. The first-order valence-corrected chi connectivity index (χ1v) is 7.05. The average Bonchev–Trinajstić information content (AvgIpc) is 2.77. The minimum Gasteiger partial charge on any atom is -0.379 e. The summed E-state index contributed by atoms with van der Waals surface area (Å²) in [5, 5.41) is 6.60. The number of hydrogen-bond donors (Lipinski definition) is 2. The van der Waals surface area contributed by atoms with Crippen molar-refractivity contribution >= 4 is 5.91 Å². The molecule has 2 heterocycles. The largest absolute Gasteiger partial charge is 0.379 e. The van der Waals surface area contributed by atoms with Crippen LogP contribution in [-0.4, -0.2) is 37.7 Å². The highest BCUT2D eigenvalue weighted by atomic mass is 16.5. The number of ether oxygens (including phenoxy) is 1. The van der Waals surface area contributed by atoms with Crippen molar-refractivity contribution < 1.29 is 9.53 Å². The van der Waals surface area contributed by atoms with E-state index in [-0.39, 0.29) is 16.9 Å². The number of carbonyl (C=O) groups is 1. The molecule has 0 aliphatic carbocycles. The van der Waals surface area contributed by atoms with Gasteiger partial charge < -0.3 is 15.4 Å². The van der Waals surface area contributed by atoms with Gasteiger partial charge in [0.1, 0.15) is 0 Å². The van der Waals surface area contributed by atoms with E-state index in [4.69, 9.17) is 4.74 Å². The molecule has 0 aromatic carbocycles. The second kappa shape index (κ2) is 5.17. The molecule has 104 valence electrons. The number of carbonyl (C=O) groups excluding carboxylic acids is 1. The van der Waals surface area contributed by atoms with Crippen molar-refractivity contribution in [3.63, 3.8) is 0 Å². The highest BCUT2D eigenvalue weighted by molar-refractivity contribution is 5.83. The summed E-state index contributed by atoms with van der Waals surface area (Å²) in [7, 11) is 0. The van der Waals surface area contributed by atoms with E-state index in [0.29, 0.717) is 12.5 Å². The topological polar surface area (TPSA) is 50.4 Å². The predicted octanol–water partition coefficient (Wildman–Crippen LogP) is 1.31. The number of piperidine rings is 1. The summed E-state index contributed by atoms with van der Waals surface area (Å²) in [6.45, 7) is 9.64. The Labute approximate surface area is 110 Å². The minimum atomic E-state index is -0.307. The van der Waals surface area contributed by atoms with Gasteiger partial charge in [-0.15, -0.1) is 0 Å². The molecule has 4 heteroatoms. The van der Waals surface area contributed by atoms with Crippen LogP contribution in [-0.2, 0) is 9.53 Å². The average molecular weight is 254 g/mol. The van der Waals surface area contributed by atoms with Gasteiger partial charge in [-0.3, -0.25) is 4.79 Å². The lowest BCUT2D eigenvalue weighted by Crippen LogP contribution is -2.54. The quantitative estimate of drug-likeness (QED) is 0.798. The van der Waals surface area contributed by atoms with Crippen LogP contribution in [0.2, 0.25) is 0 Å². The lowest BCUT2D eigenvalue weighted by molar-refractivity contribution is -0.134. The second-order valence-corrected chi connectivity index (χ2v) is 6.58. The van der Waals surface area contributed by atoms with Crippen molar-refractivity contribution in [1.29, 1.82) is 0 Å². The van der Waals surface area contributed by atoms with Crippen LogP contribution >= 0.6 is 0 Å². The molecule has 2 N–H and O–H groups in total. The second-order valence-electron chi connectivity index (χ2n) is 6.58. The Hall–Kier alpha value is -0.610. The van der Waals surface area contributed by atoms with Gasteiger partial charge >= 0.3 is 0 Å². The van der Waals surface area contributed by atoms with Gasteiger partial charge in [-0.25, -0.2) is 0 Å². The molecule has 2 fully saturated rings. The summed E-state index contributed by atoms with van der Waals surface area (Å²) < 4.78 is 5.39. The Kier molecular flexibility index (Phi) is 3.97. The normalized spacial score (nSPS) is 33.4. The Morgan fingerprint density at radius 2 is 2.28 bits per heavy atom. The molecule has 2 rings (SSSR count). The van der Waals surface area contributed by atoms with E-state index in [1.165, 1.54) is 6.42 Å². The first kappa shape index (κ1) is 13.8. The monoisotopic (exact) mass is 254 g/mol. The highest BCUT2D eigenvalue weighted by Crippen LogP contribution is 2.33. The van der Waals surface area contributed by atoms with E-state index < -0.39 is 0 Å². The minimum absolute atomic E-state index is 0.170. The smallest absolute Gasteiger partial charge is 0.226 e. The predicted molar refractivity (Wildman–Crippen MR) is 71.4 cm³/mol. The molecule has 2 aliphatic heterocycles. The van der Waals surface area contributed by atoms with Crippen LogP contribution in [0.15, 0.2) is 0 Å². The van der Waals surface area contributed by atoms with Crippen molar-refractivity contribution in [2.24, 2.45) is 11.3 Å². The summed E-state index contributed by atoms with van der Waals surface area (Å²) in [5.74, 6) is 0.598. The van der Waals surface area contributed by atoms with Crippen LogP contribution in [0.5, 0.6) is 0 Å². The SMILES string of the molecule is CC1(NC(=O)C(C)(C)C2CCCNC2)CCOC1. The van der Waals surface area contributed by atoms with Gasteiger partial charge in [0.15, 0.2) is 0 Å². The summed E-state index contributed by atoms with van der Waals surface area (Å²) in [6.07, 6.45) is 3.22. The number of hydrogen-bond acceptors (Lipinski definition) is 3. The first-order valence-electron chi connectivity index (χ1n) is 7.05. The fourth-order valence-corrected chi connectivity index (χ4v) is 2.85. The zero-order valence-corrected chi connectivity index (χ0v) is 11.8. The highest BCUT2D eigenvalue weighted by Gasteiger charge is 2.41. The molecule has 0 aromatic heterocycles. The summed E-state index contributed by atoms with van der Waals surface area (Å²) in [6, 6.07) is 0. The van der Waals surface area contributed by atoms with E-state index in [2.05, 4.69) is 31.4 Å². The van der Waals surface area contributed by atoms with Crippen LogP contribution < -0.4 is 10.6 Å². The molecule has 0 aromatic rings. The first-order chi connectivity index (χ1) is 8.44. The van der Waals surface area contributed by atoms with Crippen LogP contribution in [0.25, 0.3) is 0 Å². The van der Waals surface area contributed by atoms with Crippen molar-refractivity contribution in [2.45, 2.75) is 45.6 Å². The lowest BCUT2D eigenvalue weighted by Gasteiger charge is -2.38. The molecular formula is C14H26N2O2. The van der Waals surface area contributed by atoms with Gasteiger partial charge in [0, 0.05) is 12.0 Å². The van der Waals surface area contributed by atoms with E-state index in [9.17, 15) is 4.79 Å². The van der Waals surface area contributed by atoms with Gasteiger partial charge in [-0.2, -0.15) is 0 Å². The van der Waals surface area contributed by atoms with Crippen molar-refractivity contribution in [1.82, 2.24) is 10.6 Å². The fraction of sp³-hybridized carbons (Fsp3) is 0.929. The Balaban J connectivity index is 1.97. The third kappa shape index (κ3) is 2.86. The van der Waals surface area contributed by atoms with Gasteiger partial charge in [-0.05, 0) is 45.2 Å². The van der Waals surface area contributed by atoms with Crippen molar-refractivity contribution in [3.8, 4) is 0 Å². The van der Waals surface area contributed by atoms with Gasteiger partial charge in [0.2, 0.25) is 5.91 Å². The van der Waals surface area contributed by atoms with Gasteiger partial charge in [-0.1, -0.05) is 13.8 Å². The van der Waals surface area contributed by atoms with Crippen LogP contribution in [0.1, 0.15) is 40.0 Å². The van der Waals surface area contributed by atoms with E-state index in [0.717, 1.165) is 32.5 Å². The van der Waals surface area contributed by atoms with E-state index in [1.807, 2.05) is 0 Å². The number of nitrogens with one attached hydrogen (secondary N) is 2. The molecule has 2 saturated heterocycles. The summed E-state index contributed by atoms with van der Waals surface area (Å²) in [4.78, 5) is 12.5. The third-order valence-corrected chi connectivity index (χ3v) is 4.54. The molecule has 0 bridgehead atoms. The number of rotatable bonds is 3. The fourth-order valence-electron chi connectivity index (χ4n) is 2.85. The summed E-state index contributed by atoms with van der Waals surface area (Å²) in [5.41, 5.74) is -0.477. The molecule has 18 heavy (non-hydrogen) atoms. The molecule has 2 unspecified atom stereocenters. The van der Waals surface area contributed by atoms with Gasteiger partial charge in [0.25, 0.3) is 0 Å². The molecule has 4 nitrogen and oxygen atoms in total. The molecule has 1 amide bonds. The standard InChI is InChI=1S/C14H26N2O2/c1-13(2,11-5-4-7-15-9-11)12(17)16-14(3)6-8-18-10-14/h11,15H,4-10H2,1-3H3,(H,16,17). The Morgan fingerprint density at radius 3 is 2.83 bits per heavy atom. The Morgan fingerprint density at radius 1 is 1.50 bits per heavy atom. The third-order valence-electron chi connectivity index (χ3n) is 4.54. The maximum absolute atomic E-state index is 12.5. The van der Waals surface area contributed by atoms with E-state index >= 15 is 0 Å². The zero-order valence-electron chi connectivity index (χ0n) is 11.8. The molecule has 0 saturated carbocycles. The van der Waals surface area contributed by atoms with Crippen LogP contribution in [0, 0.1) is 11.3 Å². The lowest BCUT2D eigenvalue weighted by atomic mass is 9.74. The van der Waals surface area contributed by atoms with Crippen molar-refractivity contribution in [3.05, 3.63) is 0 Å². The van der Waals surface area contributed by atoms with Crippen LogP contribution in [0.3, 0.4) is 0 Å². The van der Waals surface area contributed by atoms with Crippen molar-refractivity contribution in [2.75, 3.05) is 26.3 Å². The maximum Gasteiger partial charge on any atom is 0.226 e. The van der Waals surface area contributed by atoms with E-state index in [1.54, 1.807) is 0 Å².